The van der Waals surface area contributed by atoms with Crippen LogP contribution in [0.5, 0.6) is 0 Å². The van der Waals surface area contributed by atoms with Gasteiger partial charge in [0.25, 0.3) is 0 Å². The number of hydrogen-bond acceptors (Lipinski definition) is 3. The van der Waals surface area contributed by atoms with Crippen LogP contribution in [0.4, 0.5) is 4.39 Å². The van der Waals surface area contributed by atoms with Gasteiger partial charge in [0.15, 0.2) is 0 Å². The number of nitrogens with one attached hydrogen (secondary N) is 1. The van der Waals surface area contributed by atoms with Crippen molar-refractivity contribution < 1.29 is 9.50 Å². The summed E-state index contributed by atoms with van der Waals surface area (Å²) in [6, 6.07) is 6.87. The lowest BCUT2D eigenvalue weighted by Gasteiger charge is -2.24. The summed E-state index contributed by atoms with van der Waals surface area (Å²) in [4.78, 5) is 2.26. The summed E-state index contributed by atoms with van der Waals surface area (Å²) in [5.41, 5.74) is 1.10. The molecule has 108 valence electrons. The highest BCUT2D eigenvalue weighted by Gasteiger charge is 2.11. The Morgan fingerprint density at radius 2 is 1.89 bits per heavy atom. The fraction of sp³-hybridized carbons (Fsp3) is 0.600. The van der Waals surface area contributed by atoms with Crippen molar-refractivity contribution in [1.29, 1.82) is 0 Å². The Bertz CT molecular complexity index is 337. The van der Waals surface area contributed by atoms with Crippen molar-refractivity contribution in [2.24, 2.45) is 0 Å². The fourth-order valence-electron chi connectivity index (χ4n) is 2.28. The van der Waals surface area contributed by atoms with E-state index in [-0.39, 0.29) is 18.5 Å². The molecule has 1 atom stereocenters. The lowest BCUT2D eigenvalue weighted by atomic mass is 10.0. The van der Waals surface area contributed by atoms with Gasteiger partial charge in [0.2, 0.25) is 0 Å². The van der Waals surface area contributed by atoms with Crippen LogP contribution in [-0.4, -0.2) is 43.3 Å². The molecule has 0 amide bonds. The molecule has 0 saturated carbocycles. The van der Waals surface area contributed by atoms with E-state index < -0.39 is 0 Å². The van der Waals surface area contributed by atoms with Gasteiger partial charge in [0, 0.05) is 19.1 Å². The quantitative estimate of drug-likeness (QED) is 0.720. The predicted molar refractivity (Wildman–Crippen MR) is 76.6 cm³/mol. The highest BCUT2D eigenvalue weighted by Crippen LogP contribution is 2.17. The molecular weight excluding hydrogens is 243 g/mol. The molecule has 1 aromatic rings. The monoisotopic (exact) mass is 268 g/mol. The van der Waals surface area contributed by atoms with E-state index in [1.807, 2.05) is 19.2 Å². The third-order valence-electron chi connectivity index (χ3n) is 3.31. The van der Waals surface area contributed by atoms with Gasteiger partial charge in [-0.05, 0) is 44.1 Å². The summed E-state index contributed by atoms with van der Waals surface area (Å²) in [5, 5.41) is 12.3. The van der Waals surface area contributed by atoms with Crippen LogP contribution >= 0.6 is 0 Å². The van der Waals surface area contributed by atoms with Gasteiger partial charge in [-0.15, -0.1) is 0 Å². The molecular formula is C15H25FN2O. The number of halogens is 1. The van der Waals surface area contributed by atoms with Gasteiger partial charge in [0.1, 0.15) is 5.82 Å². The SMILES string of the molecule is CCCN(CCO)CCC(NC)c1ccc(F)cc1. The van der Waals surface area contributed by atoms with E-state index in [0.29, 0.717) is 6.54 Å². The van der Waals surface area contributed by atoms with Crippen LogP contribution in [0.1, 0.15) is 31.4 Å². The van der Waals surface area contributed by atoms with Gasteiger partial charge >= 0.3 is 0 Å². The Kier molecular flexibility index (Phi) is 7.63. The Balaban J connectivity index is 2.53. The lowest BCUT2D eigenvalue weighted by molar-refractivity contribution is 0.190. The second kappa shape index (κ2) is 9.02. The summed E-state index contributed by atoms with van der Waals surface area (Å²) in [5.74, 6) is -0.202. The van der Waals surface area contributed by atoms with Gasteiger partial charge in [-0.25, -0.2) is 4.39 Å². The topological polar surface area (TPSA) is 35.5 Å². The van der Waals surface area contributed by atoms with Crippen LogP contribution in [0.15, 0.2) is 24.3 Å². The largest absolute Gasteiger partial charge is 0.395 e. The molecule has 0 aromatic heterocycles. The molecule has 0 aliphatic heterocycles. The average molecular weight is 268 g/mol. The normalized spacial score (nSPS) is 12.9. The first-order chi connectivity index (χ1) is 9.21. The molecule has 0 aliphatic rings. The van der Waals surface area contributed by atoms with Gasteiger partial charge in [0.05, 0.1) is 6.61 Å². The molecule has 1 aromatic carbocycles. The third kappa shape index (κ3) is 5.68. The minimum absolute atomic E-state index is 0.195. The summed E-state index contributed by atoms with van der Waals surface area (Å²) in [6.45, 7) is 4.98. The molecule has 0 spiro atoms. The number of aliphatic hydroxyl groups excluding tert-OH is 1. The van der Waals surface area contributed by atoms with E-state index in [1.54, 1.807) is 0 Å². The molecule has 1 rings (SSSR count). The van der Waals surface area contributed by atoms with Crippen molar-refractivity contribution in [3.8, 4) is 0 Å². The smallest absolute Gasteiger partial charge is 0.123 e. The number of nitrogens with zero attached hydrogens (tertiary/aromatic N) is 1. The maximum Gasteiger partial charge on any atom is 0.123 e. The van der Waals surface area contributed by atoms with E-state index in [1.165, 1.54) is 12.1 Å². The Morgan fingerprint density at radius 1 is 1.21 bits per heavy atom. The molecule has 1 unspecified atom stereocenters. The maximum absolute atomic E-state index is 12.9. The van der Waals surface area contributed by atoms with Gasteiger partial charge in [-0.2, -0.15) is 0 Å². The van der Waals surface area contributed by atoms with Crippen molar-refractivity contribution in [2.45, 2.75) is 25.8 Å². The number of rotatable bonds is 9. The van der Waals surface area contributed by atoms with Crippen molar-refractivity contribution >= 4 is 0 Å². The predicted octanol–water partition coefficient (Wildman–Crippen LogP) is 2.18. The molecule has 0 aliphatic carbocycles. The molecule has 0 heterocycles. The van der Waals surface area contributed by atoms with Crippen LogP contribution in [0.3, 0.4) is 0 Å². The lowest BCUT2D eigenvalue weighted by Crippen LogP contribution is -2.31. The van der Waals surface area contributed by atoms with Gasteiger partial charge < -0.3 is 15.3 Å². The first-order valence-electron chi connectivity index (χ1n) is 6.97. The molecule has 0 radical (unpaired) electrons. The van der Waals surface area contributed by atoms with Crippen molar-refractivity contribution in [3.63, 3.8) is 0 Å². The number of benzene rings is 1. The highest BCUT2D eigenvalue weighted by atomic mass is 19.1. The van der Waals surface area contributed by atoms with E-state index in [2.05, 4.69) is 17.1 Å². The zero-order valence-corrected chi connectivity index (χ0v) is 11.9. The van der Waals surface area contributed by atoms with E-state index in [4.69, 9.17) is 5.11 Å². The third-order valence-corrected chi connectivity index (χ3v) is 3.31. The molecule has 2 N–H and O–H groups in total. The van der Waals surface area contributed by atoms with E-state index >= 15 is 0 Å². The van der Waals surface area contributed by atoms with Crippen LogP contribution in [-0.2, 0) is 0 Å². The van der Waals surface area contributed by atoms with Crippen molar-refractivity contribution in [1.82, 2.24) is 10.2 Å². The van der Waals surface area contributed by atoms with E-state index in [9.17, 15) is 4.39 Å². The standard InChI is InChI=1S/C15H25FN2O/c1-3-9-18(11-12-19)10-8-15(17-2)13-4-6-14(16)7-5-13/h4-7,15,17,19H,3,8-12H2,1-2H3. The second-order valence-corrected chi connectivity index (χ2v) is 4.75. The molecule has 0 fully saturated rings. The average Bonchev–Trinajstić information content (AvgIpc) is 2.41. The minimum atomic E-state index is -0.202. The van der Waals surface area contributed by atoms with Crippen LogP contribution < -0.4 is 5.32 Å². The zero-order valence-electron chi connectivity index (χ0n) is 11.9. The summed E-state index contributed by atoms with van der Waals surface area (Å²) in [7, 11) is 1.92. The van der Waals surface area contributed by atoms with Crippen LogP contribution in [0, 0.1) is 5.82 Å². The maximum atomic E-state index is 12.9. The Hall–Kier alpha value is -0.970. The zero-order chi connectivity index (χ0) is 14.1. The molecule has 3 nitrogen and oxygen atoms in total. The summed E-state index contributed by atoms with van der Waals surface area (Å²) < 4.78 is 12.9. The van der Waals surface area contributed by atoms with Crippen molar-refractivity contribution in [2.75, 3.05) is 33.3 Å². The first-order valence-corrected chi connectivity index (χ1v) is 6.97. The molecule has 19 heavy (non-hydrogen) atoms. The Morgan fingerprint density at radius 3 is 2.42 bits per heavy atom. The second-order valence-electron chi connectivity index (χ2n) is 4.75. The van der Waals surface area contributed by atoms with Gasteiger partial charge in [-0.1, -0.05) is 19.1 Å². The van der Waals surface area contributed by atoms with Gasteiger partial charge in [-0.3, -0.25) is 0 Å². The van der Waals surface area contributed by atoms with Crippen LogP contribution in [0.2, 0.25) is 0 Å². The Labute approximate surface area is 115 Å². The minimum Gasteiger partial charge on any atom is -0.395 e. The first kappa shape index (κ1) is 16.1. The fourth-order valence-corrected chi connectivity index (χ4v) is 2.28. The van der Waals surface area contributed by atoms with Crippen molar-refractivity contribution in [3.05, 3.63) is 35.6 Å². The van der Waals surface area contributed by atoms with E-state index in [0.717, 1.165) is 31.5 Å². The number of aliphatic hydroxyl groups is 1. The number of hydrogen-bond donors (Lipinski definition) is 2. The highest BCUT2D eigenvalue weighted by molar-refractivity contribution is 5.19. The molecule has 0 bridgehead atoms. The molecule has 0 saturated heterocycles. The van der Waals surface area contributed by atoms with Crippen LogP contribution in [0.25, 0.3) is 0 Å². The summed E-state index contributed by atoms with van der Waals surface area (Å²) in [6.07, 6.45) is 2.03. The summed E-state index contributed by atoms with van der Waals surface area (Å²) >= 11 is 0. The molecule has 4 heteroatoms.